The van der Waals surface area contributed by atoms with Crippen LogP contribution in [0.2, 0.25) is 5.02 Å². The number of nitrogens with zero attached hydrogens (tertiary/aromatic N) is 1. The lowest BCUT2D eigenvalue weighted by Crippen LogP contribution is -2.29. The van der Waals surface area contributed by atoms with Gasteiger partial charge in [0.25, 0.3) is 10.1 Å². The molecule has 4 rings (SSSR count). The number of benzene rings is 3. The number of alkyl halides is 3. The molecule has 196 valence electrons. The Kier molecular flexibility index (Phi) is 7.82. The van der Waals surface area contributed by atoms with Gasteiger partial charge >= 0.3 is 6.18 Å². The van der Waals surface area contributed by atoms with E-state index in [0.717, 1.165) is 18.4 Å². The van der Waals surface area contributed by atoms with Crippen molar-refractivity contribution in [3.8, 4) is 11.5 Å². The monoisotopic (exact) mass is 553 g/mol. The van der Waals surface area contributed by atoms with Crippen LogP contribution in [0.4, 0.5) is 18.9 Å². The molecule has 0 aromatic heterocycles. The Morgan fingerprint density at radius 1 is 1.00 bits per heavy atom. The molecule has 0 spiro atoms. The maximum absolute atomic E-state index is 13.4. The summed E-state index contributed by atoms with van der Waals surface area (Å²) in [7, 11) is -3.69. The average Bonchev–Trinajstić information content (AvgIpc) is 3.16. The lowest BCUT2D eigenvalue weighted by molar-refractivity contribution is -0.137. The molecule has 0 radical (unpaired) electrons. The summed E-state index contributed by atoms with van der Waals surface area (Å²) in [5.41, 5.74) is -0.00781. The smallest absolute Gasteiger partial charge is 0.416 e. The highest BCUT2D eigenvalue weighted by molar-refractivity contribution is 7.85. The molecule has 3 aromatic rings. The van der Waals surface area contributed by atoms with Crippen molar-refractivity contribution in [2.75, 3.05) is 17.8 Å². The second kappa shape index (κ2) is 10.7. The molecule has 1 saturated heterocycles. The average molecular weight is 554 g/mol. The Bertz CT molecular complexity index is 1360. The summed E-state index contributed by atoms with van der Waals surface area (Å²) in [4.78, 5) is 14.8. The van der Waals surface area contributed by atoms with Gasteiger partial charge in [-0.15, -0.1) is 0 Å². The highest BCUT2D eigenvalue weighted by Gasteiger charge is 2.42. The second-order valence-corrected chi connectivity index (χ2v) is 10.7. The summed E-state index contributed by atoms with van der Waals surface area (Å²) < 4.78 is 73.4. The van der Waals surface area contributed by atoms with Crippen molar-refractivity contribution in [3.05, 3.63) is 88.9 Å². The van der Waals surface area contributed by atoms with Crippen LogP contribution in [0.25, 0.3) is 0 Å². The number of amides is 1. The molecule has 0 saturated carbocycles. The molecule has 0 unspecified atom stereocenters. The first-order valence-electron chi connectivity index (χ1n) is 11.3. The van der Waals surface area contributed by atoms with Gasteiger partial charge in [0.15, 0.2) is 0 Å². The zero-order valence-corrected chi connectivity index (χ0v) is 21.2. The van der Waals surface area contributed by atoms with Crippen molar-refractivity contribution in [1.82, 2.24) is 0 Å². The highest BCUT2D eigenvalue weighted by atomic mass is 35.5. The highest BCUT2D eigenvalue weighted by Crippen LogP contribution is 2.43. The second-order valence-electron chi connectivity index (χ2n) is 8.64. The van der Waals surface area contributed by atoms with Crippen LogP contribution in [0.3, 0.4) is 0 Å². The van der Waals surface area contributed by atoms with Gasteiger partial charge in [0.05, 0.1) is 24.5 Å². The molecule has 1 aliphatic rings. The van der Waals surface area contributed by atoms with Crippen LogP contribution in [-0.2, 0) is 25.3 Å². The maximum Gasteiger partial charge on any atom is 0.416 e. The normalized spacial score (nSPS) is 18.3. The van der Waals surface area contributed by atoms with E-state index in [-0.39, 0.29) is 25.4 Å². The zero-order valence-electron chi connectivity index (χ0n) is 19.6. The molecule has 6 nitrogen and oxygen atoms in total. The Hall–Kier alpha value is -3.08. The molecule has 0 bridgehead atoms. The third-order valence-corrected chi connectivity index (χ3v) is 6.78. The fraction of sp³-hybridized carbons (Fsp3) is 0.269. The summed E-state index contributed by atoms with van der Waals surface area (Å²) in [5, 5.41) is 0.562. The summed E-state index contributed by atoms with van der Waals surface area (Å²) in [6, 6.07) is 17.6. The van der Waals surface area contributed by atoms with Crippen molar-refractivity contribution in [1.29, 1.82) is 0 Å². The van der Waals surface area contributed by atoms with E-state index in [4.69, 9.17) is 20.5 Å². The maximum atomic E-state index is 13.4. The summed E-state index contributed by atoms with van der Waals surface area (Å²) in [5.74, 6) is 0.0887. The molecule has 2 atom stereocenters. The number of anilines is 1. The third-order valence-electron chi connectivity index (χ3n) is 5.93. The Morgan fingerprint density at radius 2 is 1.62 bits per heavy atom. The first-order chi connectivity index (χ1) is 17.4. The summed E-state index contributed by atoms with van der Waals surface area (Å²) in [6.45, 7) is -0.202. The van der Waals surface area contributed by atoms with E-state index < -0.39 is 33.8 Å². The van der Waals surface area contributed by atoms with Crippen LogP contribution < -0.4 is 9.64 Å². The fourth-order valence-corrected chi connectivity index (χ4v) is 4.76. The third kappa shape index (κ3) is 6.82. The Labute approximate surface area is 217 Å². The molecule has 11 heteroatoms. The van der Waals surface area contributed by atoms with Crippen molar-refractivity contribution in [2.24, 2.45) is 5.92 Å². The van der Waals surface area contributed by atoms with Crippen LogP contribution in [0.5, 0.6) is 11.5 Å². The largest absolute Gasteiger partial charge is 0.457 e. The quantitative estimate of drug-likeness (QED) is 0.293. The number of rotatable bonds is 8. The number of ether oxygens (including phenoxy) is 1. The minimum Gasteiger partial charge on any atom is -0.457 e. The predicted molar refractivity (Wildman–Crippen MR) is 133 cm³/mol. The van der Waals surface area contributed by atoms with Crippen LogP contribution >= 0.6 is 11.6 Å². The van der Waals surface area contributed by atoms with E-state index in [1.54, 1.807) is 54.6 Å². The first-order valence-corrected chi connectivity index (χ1v) is 13.5. The van der Waals surface area contributed by atoms with Gasteiger partial charge in [-0.25, -0.2) is 0 Å². The van der Waals surface area contributed by atoms with Gasteiger partial charge in [0.2, 0.25) is 5.91 Å². The van der Waals surface area contributed by atoms with Gasteiger partial charge in [-0.1, -0.05) is 23.7 Å². The Balaban J connectivity index is 1.61. The number of halogens is 4. The van der Waals surface area contributed by atoms with Gasteiger partial charge in [-0.2, -0.15) is 21.6 Å². The number of hydrogen-bond acceptors (Lipinski definition) is 5. The van der Waals surface area contributed by atoms with Gasteiger partial charge in [0, 0.05) is 16.6 Å². The summed E-state index contributed by atoms with van der Waals surface area (Å²) >= 11 is 5.89. The molecule has 1 fully saturated rings. The first kappa shape index (κ1) is 27.0. The van der Waals surface area contributed by atoms with Crippen molar-refractivity contribution >= 4 is 33.3 Å². The van der Waals surface area contributed by atoms with E-state index in [1.165, 1.54) is 11.0 Å². The minimum absolute atomic E-state index is 0.107. The molecule has 37 heavy (non-hydrogen) atoms. The number of carbonyl (C=O) groups excluding carboxylic acids is 1. The van der Waals surface area contributed by atoms with Gasteiger partial charge < -0.3 is 9.64 Å². The van der Waals surface area contributed by atoms with Crippen LogP contribution in [0.1, 0.15) is 30.0 Å². The van der Waals surface area contributed by atoms with E-state index in [1.807, 2.05) is 0 Å². The van der Waals surface area contributed by atoms with Crippen molar-refractivity contribution in [3.63, 3.8) is 0 Å². The zero-order chi connectivity index (χ0) is 26.8. The minimum atomic E-state index is -4.53. The van der Waals surface area contributed by atoms with E-state index in [9.17, 15) is 26.4 Å². The molecular weight excluding hydrogens is 531 g/mol. The molecule has 1 aliphatic heterocycles. The molecule has 1 heterocycles. The van der Waals surface area contributed by atoms with Gasteiger partial charge in [-0.05, 0) is 79.1 Å². The van der Waals surface area contributed by atoms with Crippen molar-refractivity contribution < 1.29 is 35.3 Å². The number of carbonyl (C=O) groups is 1. The van der Waals surface area contributed by atoms with Crippen LogP contribution in [0.15, 0.2) is 72.8 Å². The van der Waals surface area contributed by atoms with Crippen LogP contribution in [-0.4, -0.2) is 27.2 Å². The number of hydrogen-bond donors (Lipinski definition) is 0. The standard InChI is InChI=1S/C26H23ClF3NO5S/c1-37(33,34)35-14-13-18-16-24(17-3-2-4-19(15-17)26(28,29)30)31(25(18)32)21-7-11-23(12-8-21)36-22-9-5-20(27)6-10-22/h2-12,15,18,24H,13-14,16H2,1H3/t18-,24+/m0/s1. The van der Waals surface area contributed by atoms with E-state index in [2.05, 4.69) is 0 Å². The Morgan fingerprint density at radius 3 is 2.22 bits per heavy atom. The SMILES string of the molecule is CS(=O)(=O)OCC[C@H]1C[C@H](c2cccc(C(F)(F)F)c2)N(c2ccc(Oc3ccc(Cl)cc3)cc2)C1=O. The fourth-order valence-electron chi connectivity index (χ4n) is 4.24. The topological polar surface area (TPSA) is 72.9 Å². The van der Waals surface area contributed by atoms with Crippen molar-refractivity contribution in [2.45, 2.75) is 25.1 Å². The molecular formula is C26H23ClF3NO5S. The molecule has 0 aliphatic carbocycles. The summed E-state index contributed by atoms with van der Waals surface area (Å²) in [6.07, 6.45) is -3.31. The van der Waals surface area contributed by atoms with Gasteiger partial charge in [0.1, 0.15) is 11.5 Å². The van der Waals surface area contributed by atoms with Crippen LogP contribution in [0, 0.1) is 5.92 Å². The molecule has 1 amide bonds. The van der Waals surface area contributed by atoms with Gasteiger partial charge in [-0.3, -0.25) is 8.98 Å². The molecule has 0 N–H and O–H groups in total. The van der Waals surface area contributed by atoms with E-state index in [0.29, 0.717) is 27.8 Å². The van der Waals surface area contributed by atoms with E-state index >= 15 is 0 Å². The lowest BCUT2D eigenvalue weighted by atomic mass is 9.96. The predicted octanol–water partition coefficient (Wildman–Crippen LogP) is 6.61. The lowest BCUT2D eigenvalue weighted by Gasteiger charge is -2.26. The molecule has 3 aromatic carbocycles.